The molecule has 1 aromatic heterocycles. The molecule has 0 saturated carbocycles. The van der Waals surface area contributed by atoms with Crippen LogP contribution in [0.25, 0.3) is 22.0 Å². The summed E-state index contributed by atoms with van der Waals surface area (Å²) < 4.78 is 39.8. The van der Waals surface area contributed by atoms with Crippen molar-refractivity contribution >= 4 is 10.9 Å². The van der Waals surface area contributed by atoms with Gasteiger partial charge in [0, 0.05) is 17.1 Å². The maximum Gasteiger partial charge on any atom is 0.195 e. The number of nitrogens with zero attached hydrogens (tertiary/aromatic N) is 1. The molecule has 0 spiro atoms. The van der Waals surface area contributed by atoms with Gasteiger partial charge in [-0.2, -0.15) is 0 Å². The van der Waals surface area contributed by atoms with Gasteiger partial charge in [0.05, 0.1) is 5.52 Å². The van der Waals surface area contributed by atoms with E-state index >= 15 is 0 Å². The Balaban J connectivity index is 2.22. The lowest BCUT2D eigenvalue weighted by Crippen LogP contribution is -1.94. The molecule has 1 heterocycles. The molecule has 0 saturated heterocycles. The van der Waals surface area contributed by atoms with Crippen molar-refractivity contribution in [1.29, 1.82) is 0 Å². The normalized spacial score (nSPS) is 10.9. The fraction of sp³-hybridized carbons (Fsp3) is 0. The van der Waals surface area contributed by atoms with E-state index in [4.69, 9.17) is 0 Å². The smallest absolute Gasteiger partial charge is 0.195 e. The highest BCUT2D eigenvalue weighted by atomic mass is 19.2. The highest BCUT2D eigenvalue weighted by molar-refractivity contribution is 5.84. The second kappa shape index (κ2) is 4.39. The number of hydrogen-bond donors (Lipinski definition) is 0. The molecule has 2 aromatic carbocycles. The van der Waals surface area contributed by atoms with Crippen LogP contribution in [0.1, 0.15) is 0 Å². The quantitative estimate of drug-likeness (QED) is 0.593. The minimum atomic E-state index is -1.45. The van der Waals surface area contributed by atoms with Gasteiger partial charge in [-0.3, -0.25) is 4.98 Å². The molecular formula is C15H8F3N. The third-order valence-corrected chi connectivity index (χ3v) is 2.95. The van der Waals surface area contributed by atoms with Crippen molar-refractivity contribution in [2.24, 2.45) is 0 Å². The van der Waals surface area contributed by atoms with Crippen LogP contribution >= 0.6 is 0 Å². The first-order chi connectivity index (χ1) is 9.16. The van der Waals surface area contributed by atoms with Crippen molar-refractivity contribution in [2.75, 3.05) is 0 Å². The average Bonchev–Trinajstić information content (AvgIpc) is 2.44. The molecule has 3 rings (SSSR count). The number of pyridine rings is 1. The van der Waals surface area contributed by atoms with Gasteiger partial charge < -0.3 is 0 Å². The first-order valence-electron chi connectivity index (χ1n) is 5.65. The van der Waals surface area contributed by atoms with Crippen LogP contribution in [0.3, 0.4) is 0 Å². The lowest BCUT2D eigenvalue weighted by molar-refractivity contribution is 0.449. The van der Waals surface area contributed by atoms with Crippen molar-refractivity contribution in [3.63, 3.8) is 0 Å². The average molecular weight is 259 g/mol. The number of halogens is 3. The monoisotopic (exact) mass is 259 g/mol. The van der Waals surface area contributed by atoms with E-state index in [1.807, 2.05) is 6.07 Å². The van der Waals surface area contributed by atoms with Gasteiger partial charge in [-0.15, -0.1) is 0 Å². The van der Waals surface area contributed by atoms with Gasteiger partial charge in [0.15, 0.2) is 17.5 Å². The van der Waals surface area contributed by atoms with Crippen molar-refractivity contribution < 1.29 is 13.2 Å². The molecule has 3 aromatic rings. The molecule has 0 unspecified atom stereocenters. The molecule has 0 amide bonds. The molecule has 0 atom stereocenters. The van der Waals surface area contributed by atoms with E-state index < -0.39 is 17.5 Å². The zero-order valence-electron chi connectivity index (χ0n) is 9.70. The molecule has 94 valence electrons. The first-order valence-corrected chi connectivity index (χ1v) is 5.65. The van der Waals surface area contributed by atoms with Crippen molar-refractivity contribution in [3.05, 3.63) is 66.1 Å². The highest BCUT2D eigenvalue weighted by Crippen LogP contribution is 2.28. The van der Waals surface area contributed by atoms with Crippen LogP contribution in [-0.4, -0.2) is 4.98 Å². The van der Waals surface area contributed by atoms with Gasteiger partial charge >= 0.3 is 0 Å². The van der Waals surface area contributed by atoms with Crippen LogP contribution in [0.4, 0.5) is 13.2 Å². The number of fused-ring (bicyclic) bond motifs is 1. The topological polar surface area (TPSA) is 12.9 Å². The van der Waals surface area contributed by atoms with Crippen molar-refractivity contribution in [3.8, 4) is 11.1 Å². The molecule has 19 heavy (non-hydrogen) atoms. The van der Waals surface area contributed by atoms with Gasteiger partial charge in [-0.05, 0) is 35.9 Å². The van der Waals surface area contributed by atoms with Crippen LogP contribution in [0, 0.1) is 17.5 Å². The molecule has 0 aliphatic rings. The predicted molar refractivity (Wildman–Crippen MR) is 67.1 cm³/mol. The lowest BCUT2D eigenvalue weighted by atomic mass is 10.0. The van der Waals surface area contributed by atoms with E-state index in [0.717, 1.165) is 17.0 Å². The Morgan fingerprint density at radius 2 is 1.68 bits per heavy atom. The first kappa shape index (κ1) is 11.7. The maximum absolute atomic E-state index is 13.7. The van der Waals surface area contributed by atoms with Gasteiger partial charge in [0.25, 0.3) is 0 Å². The summed E-state index contributed by atoms with van der Waals surface area (Å²) in [5.41, 5.74) is 1.27. The van der Waals surface area contributed by atoms with Crippen LogP contribution in [0.2, 0.25) is 0 Å². The summed E-state index contributed by atoms with van der Waals surface area (Å²) in [6, 6.07) is 10.8. The molecule has 0 bridgehead atoms. The summed E-state index contributed by atoms with van der Waals surface area (Å²) in [7, 11) is 0. The van der Waals surface area contributed by atoms with E-state index in [1.165, 1.54) is 6.07 Å². The van der Waals surface area contributed by atoms with Crippen LogP contribution in [0.15, 0.2) is 48.7 Å². The second-order valence-electron chi connectivity index (χ2n) is 4.13. The Kier molecular flexibility index (Phi) is 2.71. The second-order valence-corrected chi connectivity index (χ2v) is 4.13. The number of rotatable bonds is 1. The van der Waals surface area contributed by atoms with Gasteiger partial charge in [0.2, 0.25) is 0 Å². The fourth-order valence-corrected chi connectivity index (χ4v) is 1.99. The zero-order valence-corrected chi connectivity index (χ0v) is 9.70. The molecule has 4 heteroatoms. The van der Waals surface area contributed by atoms with Crippen molar-refractivity contribution in [1.82, 2.24) is 4.98 Å². The minimum absolute atomic E-state index is 0.0321. The largest absolute Gasteiger partial charge is 0.256 e. The predicted octanol–water partition coefficient (Wildman–Crippen LogP) is 4.32. The Labute approximate surface area is 107 Å². The summed E-state index contributed by atoms with van der Waals surface area (Å²) >= 11 is 0. The molecular weight excluding hydrogens is 251 g/mol. The third-order valence-electron chi connectivity index (χ3n) is 2.95. The maximum atomic E-state index is 13.7. The Morgan fingerprint density at radius 3 is 2.53 bits per heavy atom. The van der Waals surface area contributed by atoms with E-state index in [2.05, 4.69) is 4.98 Å². The standard InChI is InChI=1S/C15H8F3N/c16-12-5-4-11(14(17)15(12)18)9-3-6-13-10(8-9)2-1-7-19-13/h1-8H. The molecule has 0 aliphatic heterocycles. The van der Waals surface area contributed by atoms with Crippen LogP contribution in [0.5, 0.6) is 0 Å². The molecule has 0 aliphatic carbocycles. The summed E-state index contributed by atoms with van der Waals surface area (Å²) in [6.45, 7) is 0. The lowest BCUT2D eigenvalue weighted by Gasteiger charge is -2.06. The van der Waals surface area contributed by atoms with E-state index in [9.17, 15) is 13.2 Å². The molecule has 1 nitrogen and oxygen atoms in total. The Hall–Kier alpha value is -2.36. The van der Waals surface area contributed by atoms with Crippen LogP contribution < -0.4 is 0 Å². The fourth-order valence-electron chi connectivity index (χ4n) is 1.99. The molecule has 0 N–H and O–H groups in total. The highest BCUT2D eigenvalue weighted by Gasteiger charge is 2.14. The minimum Gasteiger partial charge on any atom is -0.256 e. The van der Waals surface area contributed by atoms with Gasteiger partial charge in [-0.25, -0.2) is 13.2 Å². The number of hydrogen-bond acceptors (Lipinski definition) is 1. The van der Waals surface area contributed by atoms with E-state index in [0.29, 0.717) is 5.56 Å². The number of aromatic nitrogens is 1. The van der Waals surface area contributed by atoms with E-state index in [1.54, 1.807) is 30.5 Å². The zero-order chi connectivity index (χ0) is 13.4. The van der Waals surface area contributed by atoms with Gasteiger partial charge in [-0.1, -0.05) is 12.1 Å². The van der Waals surface area contributed by atoms with Crippen LogP contribution in [-0.2, 0) is 0 Å². The summed E-state index contributed by atoms with van der Waals surface area (Å²) in [4.78, 5) is 4.14. The summed E-state index contributed by atoms with van der Waals surface area (Å²) in [6.07, 6.45) is 1.65. The summed E-state index contributed by atoms with van der Waals surface area (Å²) in [5.74, 6) is -3.82. The summed E-state index contributed by atoms with van der Waals surface area (Å²) in [5, 5.41) is 0.809. The van der Waals surface area contributed by atoms with Crippen molar-refractivity contribution in [2.45, 2.75) is 0 Å². The SMILES string of the molecule is Fc1ccc(-c2ccc3ncccc3c2)c(F)c1F. The Bertz CT molecular complexity index is 768. The van der Waals surface area contributed by atoms with E-state index in [-0.39, 0.29) is 5.56 Å². The molecule has 0 fully saturated rings. The third kappa shape index (κ3) is 1.95. The number of benzene rings is 2. The van der Waals surface area contributed by atoms with Gasteiger partial charge in [0.1, 0.15) is 0 Å². The molecule has 0 radical (unpaired) electrons. The Morgan fingerprint density at radius 1 is 0.842 bits per heavy atom.